The fraction of sp³-hybridized carbons (Fsp3) is 0.533. The number of nitrogens with one attached hydrogen (secondary N) is 1. The molecule has 1 saturated carbocycles. The second kappa shape index (κ2) is 6.80. The summed E-state index contributed by atoms with van der Waals surface area (Å²) in [5, 5.41) is 3.47. The molecule has 104 valence electrons. The number of amides is 1. The van der Waals surface area contributed by atoms with Gasteiger partial charge in [-0.25, -0.2) is 0 Å². The molecule has 19 heavy (non-hydrogen) atoms. The van der Waals surface area contributed by atoms with Crippen molar-refractivity contribution in [1.82, 2.24) is 5.32 Å². The number of carbonyl (C=O) groups is 1. The number of hydrogen-bond acceptors (Lipinski definition) is 2. The first-order valence-electron chi connectivity index (χ1n) is 7.00. The molecular weight excluding hydrogens is 260 g/mol. The van der Waals surface area contributed by atoms with E-state index in [9.17, 15) is 4.79 Å². The maximum Gasteiger partial charge on any atom is 0.253 e. The third kappa shape index (κ3) is 4.13. The Morgan fingerprint density at radius 1 is 1.32 bits per heavy atom. The fourth-order valence-corrected chi connectivity index (χ4v) is 2.86. The van der Waals surface area contributed by atoms with Crippen LogP contribution >= 0.6 is 11.6 Å². The van der Waals surface area contributed by atoms with Gasteiger partial charge in [-0.2, -0.15) is 0 Å². The molecule has 0 saturated heterocycles. The molecule has 3 N–H and O–H groups in total. The molecule has 1 amide bonds. The summed E-state index contributed by atoms with van der Waals surface area (Å²) in [7, 11) is 0. The average molecular weight is 281 g/mol. The number of halogens is 1. The van der Waals surface area contributed by atoms with Gasteiger partial charge in [0.15, 0.2) is 0 Å². The van der Waals surface area contributed by atoms with Crippen molar-refractivity contribution in [3.05, 3.63) is 28.8 Å². The minimum absolute atomic E-state index is 0.129. The van der Waals surface area contributed by atoms with Gasteiger partial charge in [0.25, 0.3) is 5.91 Å². The molecule has 1 aliphatic carbocycles. The van der Waals surface area contributed by atoms with Crippen LogP contribution < -0.4 is 11.1 Å². The molecule has 0 radical (unpaired) electrons. The number of nitrogens with two attached hydrogens (primary N) is 1. The highest BCUT2D eigenvalue weighted by Crippen LogP contribution is 2.25. The molecule has 4 heteroatoms. The zero-order chi connectivity index (χ0) is 13.7. The monoisotopic (exact) mass is 280 g/mol. The molecule has 1 aliphatic rings. The van der Waals surface area contributed by atoms with Crippen molar-refractivity contribution in [2.75, 3.05) is 12.3 Å². The molecule has 0 aromatic heterocycles. The zero-order valence-corrected chi connectivity index (χ0v) is 11.9. The Hall–Kier alpha value is -1.22. The van der Waals surface area contributed by atoms with Crippen molar-refractivity contribution in [3.8, 4) is 0 Å². The maximum atomic E-state index is 12.0. The standard InChI is InChI=1S/C15H21ClN2O/c16-12-6-7-14(17)13(10-12)15(19)18-9-8-11-4-2-1-3-5-11/h6-7,10-11H,1-5,8-9,17H2,(H,18,19). The summed E-state index contributed by atoms with van der Waals surface area (Å²) in [4.78, 5) is 12.0. The van der Waals surface area contributed by atoms with Crippen molar-refractivity contribution >= 4 is 23.2 Å². The number of anilines is 1. The molecule has 1 aromatic carbocycles. The second-order valence-corrected chi connectivity index (χ2v) is 5.72. The SMILES string of the molecule is Nc1ccc(Cl)cc1C(=O)NCCC1CCCCC1. The van der Waals surface area contributed by atoms with Crippen molar-refractivity contribution in [2.45, 2.75) is 38.5 Å². The smallest absolute Gasteiger partial charge is 0.253 e. The van der Waals surface area contributed by atoms with Crippen molar-refractivity contribution in [1.29, 1.82) is 0 Å². The van der Waals surface area contributed by atoms with Gasteiger partial charge in [-0.15, -0.1) is 0 Å². The van der Waals surface area contributed by atoms with E-state index in [1.54, 1.807) is 18.2 Å². The predicted molar refractivity (Wildman–Crippen MR) is 79.4 cm³/mol. The normalized spacial score (nSPS) is 16.3. The summed E-state index contributed by atoms with van der Waals surface area (Å²) in [5.41, 5.74) is 6.73. The molecule has 0 spiro atoms. The Kier molecular flexibility index (Phi) is 5.08. The fourth-order valence-electron chi connectivity index (χ4n) is 2.69. The molecule has 0 unspecified atom stereocenters. The van der Waals surface area contributed by atoms with Gasteiger partial charge in [-0.05, 0) is 30.5 Å². The Morgan fingerprint density at radius 2 is 2.05 bits per heavy atom. The number of rotatable bonds is 4. The summed E-state index contributed by atoms with van der Waals surface area (Å²) in [5.74, 6) is 0.640. The molecule has 1 aromatic rings. The van der Waals surface area contributed by atoms with Crippen molar-refractivity contribution in [2.24, 2.45) is 5.92 Å². The lowest BCUT2D eigenvalue weighted by atomic mass is 9.87. The lowest BCUT2D eigenvalue weighted by Gasteiger charge is -2.21. The van der Waals surface area contributed by atoms with Crippen LogP contribution in [0, 0.1) is 5.92 Å². The Balaban J connectivity index is 1.82. The molecular formula is C15H21ClN2O. The summed E-state index contributed by atoms with van der Waals surface area (Å²) < 4.78 is 0. The quantitative estimate of drug-likeness (QED) is 0.828. The summed E-state index contributed by atoms with van der Waals surface area (Å²) in [6, 6.07) is 4.97. The largest absolute Gasteiger partial charge is 0.398 e. The molecule has 3 nitrogen and oxygen atoms in total. The lowest BCUT2D eigenvalue weighted by Crippen LogP contribution is -2.27. The van der Waals surface area contributed by atoms with Gasteiger partial charge in [0.2, 0.25) is 0 Å². The van der Waals surface area contributed by atoms with Crippen LogP contribution in [0.5, 0.6) is 0 Å². The summed E-state index contributed by atoms with van der Waals surface area (Å²) >= 11 is 5.88. The van der Waals surface area contributed by atoms with Crippen LogP contribution in [0.15, 0.2) is 18.2 Å². The van der Waals surface area contributed by atoms with Gasteiger partial charge in [-0.3, -0.25) is 4.79 Å². The minimum Gasteiger partial charge on any atom is -0.398 e. The van der Waals surface area contributed by atoms with E-state index in [4.69, 9.17) is 17.3 Å². The number of carbonyl (C=O) groups excluding carboxylic acids is 1. The Labute approximate surface area is 119 Å². The molecule has 0 heterocycles. The highest BCUT2D eigenvalue weighted by molar-refractivity contribution is 6.31. The van der Waals surface area contributed by atoms with E-state index in [-0.39, 0.29) is 5.91 Å². The Morgan fingerprint density at radius 3 is 2.79 bits per heavy atom. The van der Waals surface area contributed by atoms with Crippen LogP contribution in [0.1, 0.15) is 48.9 Å². The van der Waals surface area contributed by atoms with Crippen LogP contribution in [0.4, 0.5) is 5.69 Å². The van der Waals surface area contributed by atoms with E-state index in [1.807, 2.05) is 0 Å². The second-order valence-electron chi connectivity index (χ2n) is 5.28. The molecule has 2 rings (SSSR count). The van der Waals surface area contributed by atoms with Gasteiger partial charge in [0.1, 0.15) is 0 Å². The minimum atomic E-state index is -0.129. The molecule has 0 bridgehead atoms. The van der Waals surface area contributed by atoms with E-state index >= 15 is 0 Å². The van der Waals surface area contributed by atoms with Crippen LogP contribution in [0.2, 0.25) is 5.02 Å². The molecule has 0 atom stereocenters. The van der Waals surface area contributed by atoms with E-state index in [0.29, 0.717) is 16.3 Å². The van der Waals surface area contributed by atoms with Crippen LogP contribution in [-0.4, -0.2) is 12.5 Å². The first-order valence-corrected chi connectivity index (χ1v) is 7.38. The summed E-state index contributed by atoms with van der Waals surface area (Å²) in [6.07, 6.45) is 7.69. The lowest BCUT2D eigenvalue weighted by molar-refractivity contribution is 0.0951. The van der Waals surface area contributed by atoms with Gasteiger partial charge in [0, 0.05) is 17.3 Å². The first-order chi connectivity index (χ1) is 9.16. The van der Waals surface area contributed by atoms with Gasteiger partial charge < -0.3 is 11.1 Å². The van der Waals surface area contributed by atoms with Gasteiger partial charge in [-0.1, -0.05) is 43.7 Å². The zero-order valence-electron chi connectivity index (χ0n) is 11.1. The predicted octanol–water partition coefficient (Wildman–Crippen LogP) is 3.62. The molecule has 0 aliphatic heterocycles. The first kappa shape index (κ1) is 14.2. The van der Waals surface area contributed by atoms with Crippen LogP contribution in [0.25, 0.3) is 0 Å². The third-order valence-corrected chi connectivity index (χ3v) is 4.06. The topological polar surface area (TPSA) is 55.1 Å². The van der Waals surface area contributed by atoms with E-state index in [1.165, 1.54) is 32.1 Å². The number of benzene rings is 1. The van der Waals surface area contributed by atoms with Gasteiger partial charge >= 0.3 is 0 Å². The van der Waals surface area contributed by atoms with E-state index in [2.05, 4.69) is 5.32 Å². The number of hydrogen-bond donors (Lipinski definition) is 2. The van der Waals surface area contributed by atoms with Crippen LogP contribution in [-0.2, 0) is 0 Å². The Bertz CT molecular complexity index is 442. The third-order valence-electron chi connectivity index (χ3n) is 3.82. The van der Waals surface area contributed by atoms with E-state index in [0.717, 1.165) is 18.9 Å². The van der Waals surface area contributed by atoms with Crippen LogP contribution in [0.3, 0.4) is 0 Å². The van der Waals surface area contributed by atoms with Crippen molar-refractivity contribution < 1.29 is 4.79 Å². The number of nitrogen functional groups attached to an aromatic ring is 1. The summed E-state index contributed by atoms with van der Waals surface area (Å²) in [6.45, 7) is 0.718. The molecule has 1 fully saturated rings. The average Bonchev–Trinajstić information content (AvgIpc) is 2.42. The highest BCUT2D eigenvalue weighted by Gasteiger charge is 2.14. The van der Waals surface area contributed by atoms with E-state index < -0.39 is 0 Å². The highest BCUT2D eigenvalue weighted by atomic mass is 35.5. The van der Waals surface area contributed by atoms with Crippen molar-refractivity contribution in [3.63, 3.8) is 0 Å². The van der Waals surface area contributed by atoms with Gasteiger partial charge in [0.05, 0.1) is 5.56 Å². The maximum absolute atomic E-state index is 12.0.